The van der Waals surface area contributed by atoms with Gasteiger partial charge in [0.25, 0.3) is 0 Å². The van der Waals surface area contributed by atoms with Crippen LogP contribution in [0.25, 0.3) is 0 Å². The zero-order chi connectivity index (χ0) is 14.3. The molecule has 0 unspecified atom stereocenters. The number of hydrogen-bond donors (Lipinski definition) is 0. The third-order valence-electron chi connectivity index (χ3n) is 4.13. The second-order valence-corrected chi connectivity index (χ2v) is 5.78. The van der Waals surface area contributed by atoms with Crippen LogP contribution in [0.5, 0.6) is 0 Å². The molecular weight excluding hydrogens is 244 g/mol. The molecule has 1 heterocycles. The molecule has 3 rings (SSSR count). The summed E-state index contributed by atoms with van der Waals surface area (Å²) < 4.78 is 0. The summed E-state index contributed by atoms with van der Waals surface area (Å²) >= 11 is 0. The normalized spacial score (nSPS) is 17.8. The minimum Gasteiger partial charge on any atom is -0.347 e. The van der Waals surface area contributed by atoms with Crippen molar-refractivity contribution in [2.45, 2.75) is 39.9 Å². The lowest BCUT2D eigenvalue weighted by atomic mass is 10.1. The molecule has 0 radical (unpaired) electrons. The molecule has 1 aliphatic rings. The molecule has 0 aromatic heterocycles. The van der Waals surface area contributed by atoms with Gasteiger partial charge in [-0.05, 0) is 51.5 Å². The van der Waals surface area contributed by atoms with Gasteiger partial charge in [0.05, 0.1) is 11.4 Å². The maximum absolute atomic E-state index is 2.49. The predicted molar refractivity (Wildman–Crippen MR) is 86.8 cm³/mol. The number of rotatable bonds is 2. The van der Waals surface area contributed by atoms with Crippen molar-refractivity contribution >= 4 is 17.1 Å². The fourth-order valence-electron chi connectivity index (χ4n) is 3.29. The molecule has 1 atom stereocenters. The van der Waals surface area contributed by atoms with Gasteiger partial charge in [0.15, 0.2) is 0 Å². The van der Waals surface area contributed by atoms with Crippen molar-refractivity contribution in [1.82, 2.24) is 0 Å². The van der Waals surface area contributed by atoms with Crippen LogP contribution in [0, 0.1) is 6.92 Å². The van der Waals surface area contributed by atoms with Gasteiger partial charge in [0.1, 0.15) is 6.17 Å². The quantitative estimate of drug-likeness (QED) is 0.777. The highest BCUT2D eigenvalue weighted by atomic mass is 15.4. The molecule has 2 nitrogen and oxygen atoms in total. The van der Waals surface area contributed by atoms with E-state index in [2.05, 4.69) is 86.0 Å². The average Bonchev–Trinajstić information content (AvgIpc) is 2.71. The number of fused-ring (bicyclic) bond motifs is 1. The van der Waals surface area contributed by atoms with E-state index in [9.17, 15) is 0 Å². The zero-order valence-corrected chi connectivity index (χ0v) is 12.7. The van der Waals surface area contributed by atoms with Gasteiger partial charge in [-0.15, -0.1) is 0 Å². The summed E-state index contributed by atoms with van der Waals surface area (Å²) in [6.07, 6.45) is 0.341. The van der Waals surface area contributed by atoms with E-state index in [1.54, 1.807) is 0 Å². The monoisotopic (exact) mass is 266 g/mol. The van der Waals surface area contributed by atoms with Gasteiger partial charge in [-0.25, -0.2) is 0 Å². The first-order valence-electron chi connectivity index (χ1n) is 7.33. The van der Waals surface area contributed by atoms with Gasteiger partial charge in [-0.3, -0.25) is 0 Å². The number of hydrogen-bond acceptors (Lipinski definition) is 2. The number of aryl methyl sites for hydroxylation is 1. The predicted octanol–water partition coefficient (Wildman–Crippen LogP) is 4.71. The van der Waals surface area contributed by atoms with Crippen LogP contribution in [0.1, 0.15) is 26.3 Å². The van der Waals surface area contributed by atoms with Crippen LogP contribution in [0.4, 0.5) is 17.1 Å². The Hall–Kier alpha value is -1.96. The Bertz CT molecular complexity index is 618. The highest BCUT2D eigenvalue weighted by Crippen LogP contribution is 2.45. The molecule has 0 saturated carbocycles. The highest BCUT2D eigenvalue weighted by Gasteiger charge is 2.35. The lowest BCUT2D eigenvalue weighted by molar-refractivity contribution is 0.606. The van der Waals surface area contributed by atoms with Crippen LogP contribution in [0.3, 0.4) is 0 Å². The molecule has 0 bridgehead atoms. The van der Waals surface area contributed by atoms with Crippen molar-refractivity contribution in [3.05, 3.63) is 54.1 Å². The van der Waals surface area contributed by atoms with E-state index in [4.69, 9.17) is 0 Å². The summed E-state index contributed by atoms with van der Waals surface area (Å²) in [6, 6.07) is 17.8. The number of para-hydroxylation sites is 3. The van der Waals surface area contributed by atoms with E-state index in [0.29, 0.717) is 12.2 Å². The Balaban J connectivity index is 2.16. The molecule has 1 aliphatic heterocycles. The second-order valence-electron chi connectivity index (χ2n) is 5.78. The van der Waals surface area contributed by atoms with Crippen LogP contribution in [-0.4, -0.2) is 12.2 Å². The maximum Gasteiger partial charge on any atom is 0.104 e. The molecule has 2 aromatic carbocycles. The molecule has 0 fully saturated rings. The fourth-order valence-corrected chi connectivity index (χ4v) is 3.29. The van der Waals surface area contributed by atoms with Gasteiger partial charge in [-0.2, -0.15) is 0 Å². The van der Waals surface area contributed by atoms with Crippen molar-refractivity contribution in [3.8, 4) is 0 Å². The van der Waals surface area contributed by atoms with E-state index in [1.165, 1.54) is 22.6 Å². The van der Waals surface area contributed by atoms with Crippen LogP contribution in [-0.2, 0) is 0 Å². The molecule has 0 spiro atoms. The molecular formula is C18H22N2. The Morgan fingerprint density at radius 1 is 0.850 bits per heavy atom. The summed E-state index contributed by atoms with van der Waals surface area (Å²) in [4.78, 5) is 4.94. The number of nitrogens with zero attached hydrogens (tertiary/aromatic N) is 2. The first-order chi connectivity index (χ1) is 9.61. The smallest absolute Gasteiger partial charge is 0.104 e. The average molecular weight is 266 g/mol. The van der Waals surface area contributed by atoms with Crippen molar-refractivity contribution in [3.63, 3.8) is 0 Å². The molecule has 104 valence electrons. The van der Waals surface area contributed by atoms with Gasteiger partial charge in [0, 0.05) is 11.7 Å². The van der Waals surface area contributed by atoms with E-state index < -0.39 is 0 Å². The fraction of sp³-hybridized carbons (Fsp3) is 0.333. The Labute approximate surface area is 121 Å². The van der Waals surface area contributed by atoms with Gasteiger partial charge in [-0.1, -0.05) is 30.3 Å². The largest absolute Gasteiger partial charge is 0.347 e. The van der Waals surface area contributed by atoms with E-state index in [1.807, 2.05) is 0 Å². The first-order valence-corrected chi connectivity index (χ1v) is 7.33. The van der Waals surface area contributed by atoms with E-state index in [0.717, 1.165) is 0 Å². The van der Waals surface area contributed by atoms with Crippen LogP contribution < -0.4 is 9.80 Å². The third kappa shape index (κ3) is 1.87. The van der Waals surface area contributed by atoms with Crippen molar-refractivity contribution in [1.29, 1.82) is 0 Å². The summed E-state index contributed by atoms with van der Waals surface area (Å²) in [5.41, 5.74) is 5.26. The standard InChI is InChI=1S/C18H22N2/c1-13(2)19-15(4)20(16-10-6-5-9-14(16)3)18-12-8-7-11-17(18)19/h5-13,15H,1-4H3/t15-/m0/s1. The topological polar surface area (TPSA) is 6.48 Å². The Morgan fingerprint density at radius 3 is 2.00 bits per heavy atom. The van der Waals surface area contributed by atoms with Gasteiger partial charge >= 0.3 is 0 Å². The van der Waals surface area contributed by atoms with Gasteiger partial charge in [0.2, 0.25) is 0 Å². The van der Waals surface area contributed by atoms with E-state index >= 15 is 0 Å². The minimum atomic E-state index is 0.341. The number of anilines is 3. The summed E-state index contributed by atoms with van der Waals surface area (Å²) in [5, 5.41) is 0. The summed E-state index contributed by atoms with van der Waals surface area (Å²) in [7, 11) is 0. The molecule has 0 amide bonds. The zero-order valence-electron chi connectivity index (χ0n) is 12.7. The molecule has 20 heavy (non-hydrogen) atoms. The second kappa shape index (κ2) is 4.86. The highest BCUT2D eigenvalue weighted by molar-refractivity contribution is 5.84. The molecule has 2 aromatic rings. The van der Waals surface area contributed by atoms with Crippen LogP contribution >= 0.6 is 0 Å². The SMILES string of the molecule is Cc1ccccc1N1c2ccccc2N(C(C)C)[C@@H]1C. The third-order valence-corrected chi connectivity index (χ3v) is 4.13. The van der Waals surface area contributed by atoms with Gasteiger partial charge < -0.3 is 9.80 Å². The van der Waals surface area contributed by atoms with Crippen LogP contribution in [0.15, 0.2) is 48.5 Å². The molecule has 0 N–H and O–H groups in total. The van der Waals surface area contributed by atoms with Crippen molar-refractivity contribution < 1.29 is 0 Å². The molecule has 0 aliphatic carbocycles. The number of benzene rings is 2. The Kier molecular flexibility index (Phi) is 3.17. The molecule has 2 heteroatoms. The first kappa shape index (κ1) is 13.0. The van der Waals surface area contributed by atoms with Crippen molar-refractivity contribution in [2.24, 2.45) is 0 Å². The van der Waals surface area contributed by atoms with E-state index in [-0.39, 0.29) is 0 Å². The maximum atomic E-state index is 2.49. The summed E-state index contributed by atoms with van der Waals surface area (Å²) in [5.74, 6) is 0. The molecule has 0 saturated heterocycles. The lowest BCUT2D eigenvalue weighted by Gasteiger charge is -2.33. The lowest BCUT2D eigenvalue weighted by Crippen LogP contribution is -2.42. The van der Waals surface area contributed by atoms with Crippen molar-refractivity contribution in [2.75, 3.05) is 9.80 Å². The van der Waals surface area contributed by atoms with Crippen LogP contribution in [0.2, 0.25) is 0 Å². The minimum absolute atomic E-state index is 0.341. The summed E-state index contributed by atoms with van der Waals surface area (Å²) in [6.45, 7) is 8.98. The Morgan fingerprint density at radius 2 is 1.40 bits per heavy atom.